The molecule has 1 amide bonds. The molecule has 0 fully saturated rings. The quantitative estimate of drug-likeness (QED) is 0.800. The van der Waals surface area contributed by atoms with Crippen molar-refractivity contribution in [2.24, 2.45) is 7.05 Å². The molecule has 3 aromatic rings. The lowest BCUT2D eigenvalue weighted by Gasteiger charge is -2.08. The molecule has 0 atom stereocenters. The Balaban J connectivity index is 1.85. The third-order valence-corrected chi connectivity index (χ3v) is 3.56. The van der Waals surface area contributed by atoms with Gasteiger partial charge in [-0.3, -0.25) is 10.1 Å². The molecule has 1 heterocycles. The molecule has 1 N–H and O–H groups in total. The van der Waals surface area contributed by atoms with E-state index in [1.165, 1.54) is 0 Å². The van der Waals surface area contributed by atoms with Crippen molar-refractivity contribution in [2.45, 2.75) is 6.92 Å². The van der Waals surface area contributed by atoms with Crippen molar-refractivity contribution in [1.82, 2.24) is 9.55 Å². The van der Waals surface area contributed by atoms with Gasteiger partial charge in [0.25, 0.3) is 5.91 Å². The van der Waals surface area contributed by atoms with Crippen molar-refractivity contribution in [3.63, 3.8) is 0 Å². The summed E-state index contributed by atoms with van der Waals surface area (Å²) in [5.74, 6) is 0.377. The number of hydrogen-bond donors (Lipinski definition) is 1. The standard InChI is InChI=1S/C18H17N3O/c1-13-7-6-10-15(11-13)17(22)20-18-19-12-16(21(18)2)14-8-4-3-5-9-14/h3-12H,1-2H3,(H,19,20,22). The summed E-state index contributed by atoms with van der Waals surface area (Å²) in [6, 6.07) is 17.5. The van der Waals surface area contributed by atoms with Gasteiger partial charge in [0.05, 0.1) is 11.9 Å². The molecule has 4 heteroatoms. The van der Waals surface area contributed by atoms with E-state index >= 15 is 0 Å². The number of rotatable bonds is 3. The van der Waals surface area contributed by atoms with Crippen LogP contribution in [0.1, 0.15) is 15.9 Å². The van der Waals surface area contributed by atoms with E-state index in [1.807, 2.05) is 67.1 Å². The lowest BCUT2D eigenvalue weighted by molar-refractivity contribution is 0.102. The molecule has 4 nitrogen and oxygen atoms in total. The van der Waals surface area contributed by atoms with E-state index in [0.717, 1.165) is 16.8 Å². The van der Waals surface area contributed by atoms with Crippen LogP contribution >= 0.6 is 0 Å². The Morgan fingerprint density at radius 1 is 1.09 bits per heavy atom. The number of amides is 1. The molecule has 2 aromatic carbocycles. The van der Waals surface area contributed by atoms with Crippen molar-refractivity contribution >= 4 is 11.9 Å². The fraction of sp³-hybridized carbons (Fsp3) is 0.111. The maximum atomic E-state index is 12.3. The highest BCUT2D eigenvalue weighted by atomic mass is 16.1. The van der Waals surface area contributed by atoms with E-state index in [2.05, 4.69) is 10.3 Å². The van der Waals surface area contributed by atoms with Gasteiger partial charge in [-0.1, -0.05) is 48.0 Å². The van der Waals surface area contributed by atoms with Gasteiger partial charge in [0, 0.05) is 12.6 Å². The van der Waals surface area contributed by atoms with Crippen LogP contribution in [0.5, 0.6) is 0 Å². The number of hydrogen-bond acceptors (Lipinski definition) is 2. The molecular formula is C18H17N3O. The van der Waals surface area contributed by atoms with Crippen LogP contribution in [0.2, 0.25) is 0 Å². The third-order valence-electron chi connectivity index (χ3n) is 3.56. The zero-order chi connectivity index (χ0) is 15.5. The summed E-state index contributed by atoms with van der Waals surface area (Å²) in [6.45, 7) is 1.96. The first-order chi connectivity index (χ1) is 10.6. The SMILES string of the molecule is Cc1cccc(C(=O)Nc2ncc(-c3ccccc3)n2C)c1. The highest BCUT2D eigenvalue weighted by Crippen LogP contribution is 2.21. The number of nitrogens with zero attached hydrogens (tertiary/aromatic N) is 2. The van der Waals surface area contributed by atoms with Crippen LogP contribution in [-0.2, 0) is 7.05 Å². The second-order valence-corrected chi connectivity index (χ2v) is 5.22. The maximum absolute atomic E-state index is 12.3. The summed E-state index contributed by atoms with van der Waals surface area (Å²) in [5.41, 5.74) is 3.70. The monoisotopic (exact) mass is 291 g/mol. The second-order valence-electron chi connectivity index (χ2n) is 5.22. The van der Waals surface area contributed by atoms with Crippen molar-refractivity contribution in [1.29, 1.82) is 0 Å². The molecule has 0 aliphatic rings. The van der Waals surface area contributed by atoms with E-state index in [1.54, 1.807) is 12.3 Å². The number of aryl methyl sites for hydroxylation is 1. The number of nitrogens with one attached hydrogen (secondary N) is 1. The van der Waals surface area contributed by atoms with E-state index in [-0.39, 0.29) is 5.91 Å². The number of carbonyl (C=O) groups excluding carboxylic acids is 1. The van der Waals surface area contributed by atoms with Gasteiger partial charge < -0.3 is 4.57 Å². The van der Waals surface area contributed by atoms with Crippen LogP contribution in [-0.4, -0.2) is 15.5 Å². The summed E-state index contributed by atoms with van der Waals surface area (Å²) >= 11 is 0. The van der Waals surface area contributed by atoms with Crippen LogP contribution in [0.15, 0.2) is 60.8 Å². The second kappa shape index (κ2) is 5.85. The molecule has 0 saturated heterocycles. The molecular weight excluding hydrogens is 274 g/mol. The fourth-order valence-corrected chi connectivity index (χ4v) is 2.36. The van der Waals surface area contributed by atoms with Crippen molar-refractivity contribution in [3.8, 4) is 11.3 Å². The molecule has 0 aliphatic carbocycles. The number of anilines is 1. The van der Waals surface area contributed by atoms with E-state index in [0.29, 0.717) is 11.5 Å². The third kappa shape index (κ3) is 2.76. The first kappa shape index (κ1) is 14.1. The molecule has 0 aliphatic heterocycles. The Bertz CT molecular complexity index is 806. The normalized spacial score (nSPS) is 10.5. The van der Waals surface area contributed by atoms with Crippen LogP contribution < -0.4 is 5.32 Å². The van der Waals surface area contributed by atoms with E-state index < -0.39 is 0 Å². The van der Waals surface area contributed by atoms with Crippen LogP contribution in [0.25, 0.3) is 11.3 Å². The number of aromatic nitrogens is 2. The number of benzene rings is 2. The highest BCUT2D eigenvalue weighted by molar-refractivity contribution is 6.03. The maximum Gasteiger partial charge on any atom is 0.257 e. The topological polar surface area (TPSA) is 46.9 Å². The van der Waals surface area contributed by atoms with Gasteiger partial charge >= 0.3 is 0 Å². The Morgan fingerprint density at radius 3 is 2.59 bits per heavy atom. The first-order valence-electron chi connectivity index (χ1n) is 7.10. The van der Waals surface area contributed by atoms with Gasteiger partial charge in [-0.2, -0.15) is 0 Å². The van der Waals surface area contributed by atoms with Crippen molar-refractivity contribution in [3.05, 3.63) is 71.9 Å². The van der Waals surface area contributed by atoms with E-state index in [9.17, 15) is 4.79 Å². The predicted octanol–water partition coefficient (Wildman–Crippen LogP) is 3.65. The number of carbonyl (C=O) groups is 1. The molecule has 1 aromatic heterocycles. The zero-order valence-corrected chi connectivity index (χ0v) is 12.6. The van der Waals surface area contributed by atoms with Gasteiger partial charge in [0.1, 0.15) is 0 Å². The van der Waals surface area contributed by atoms with Crippen molar-refractivity contribution < 1.29 is 4.79 Å². The molecule has 0 saturated carbocycles. The van der Waals surface area contributed by atoms with E-state index in [4.69, 9.17) is 0 Å². The minimum atomic E-state index is -0.156. The first-order valence-corrected chi connectivity index (χ1v) is 7.10. The summed E-state index contributed by atoms with van der Waals surface area (Å²) in [7, 11) is 1.89. The van der Waals surface area contributed by atoms with Gasteiger partial charge in [-0.25, -0.2) is 4.98 Å². The molecule has 110 valence electrons. The molecule has 0 unspecified atom stereocenters. The minimum absolute atomic E-state index is 0.156. The Kier molecular flexibility index (Phi) is 3.74. The molecule has 3 rings (SSSR count). The average Bonchev–Trinajstić information content (AvgIpc) is 2.89. The Labute approximate surface area is 129 Å². The van der Waals surface area contributed by atoms with Crippen LogP contribution in [0.3, 0.4) is 0 Å². The van der Waals surface area contributed by atoms with Crippen LogP contribution in [0.4, 0.5) is 5.95 Å². The summed E-state index contributed by atoms with van der Waals surface area (Å²) in [4.78, 5) is 16.6. The molecule has 0 radical (unpaired) electrons. The average molecular weight is 291 g/mol. The fourth-order valence-electron chi connectivity index (χ4n) is 2.36. The molecule has 0 bridgehead atoms. The lowest BCUT2D eigenvalue weighted by Crippen LogP contribution is -2.15. The highest BCUT2D eigenvalue weighted by Gasteiger charge is 2.12. The lowest BCUT2D eigenvalue weighted by atomic mass is 10.1. The zero-order valence-electron chi connectivity index (χ0n) is 12.6. The molecule has 22 heavy (non-hydrogen) atoms. The van der Waals surface area contributed by atoms with Crippen molar-refractivity contribution in [2.75, 3.05) is 5.32 Å². The summed E-state index contributed by atoms with van der Waals surface area (Å²) < 4.78 is 1.88. The van der Waals surface area contributed by atoms with Gasteiger partial charge in [0.2, 0.25) is 5.95 Å². The van der Waals surface area contributed by atoms with Crippen LogP contribution in [0, 0.1) is 6.92 Å². The minimum Gasteiger partial charge on any atom is -0.313 e. The Hall–Kier alpha value is -2.88. The van der Waals surface area contributed by atoms with Gasteiger partial charge in [-0.05, 0) is 24.6 Å². The Morgan fingerprint density at radius 2 is 1.86 bits per heavy atom. The molecule has 0 spiro atoms. The largest absolute Gasteiger partial charge is 0.313 e. The summed E-state index contributed by atoms with van der Waals surface area (Å²) in [5, 5.41) is 2.86. The smallest absolute Gasteiger partial charge is 0.257 e. The summed E-state index contributed by atoms with van der Waals surface area (Å²) in [6.07, 6.45) is 1.77. The van der Waals surface area contributed by atoms with Gasteiger partial charge in [0.15, 0.2) is 0 Å². The van der Waals surface area contributed by atoms with Gasteiger partial charge in [-0.15, -0.1) is 0 Å². The number of imidazole rings is 1. The predicted molar refractivity (Wildman–Crippen MR) is 87.8 cm³/mol.